The number of hydrogen-bond acceptors (Lipinski definition) is 2. The molecule has 2 aromatic rings. The molecule has 0 radical (unpaired) electrons. The lowest BCUT2D eigenvalue weighted by Gasteiger charge is -2.12. The van der Waals surface area contributed by atoms with Crippen LogP contribution in [-0.4, -0.2) is 17.6 Å². The Kier molecular flexibility index (Phi) is 5.97. The number of aromatic hydroxyl groups is 1. The van der Waals surface area contributed by atoms with E-state index in [1.807, 2.05) is 19.1 Å². The van der Waals surface area contributed by atoms with Crippen LogP contribution in [0.25, 0.3) is 0 Å². The largest absolute Gasteiger partial charge is 0.508 e. The topological polar surface area (TPSA) is 56.7 Å². The predicted octanol–water partition coefficient (Wildman–Crippen LogP) is 3.10. The number of phenols is 1. The van der Waals surface area contributed by atoms with Crippen LogP contribution in [0.2, 0.25) is 0 Å². The van der Waals surface area contributed by atoms with Crippen molar-refractivity contribution in [2.24, 2.45) is 4.99 Å². The van der Waals surface area contributed by atoms with Crippen LogP contribution in [0.5, 0.6) is 5.75 Å². The van der Waals surface area contributed by atoms with E-state index >= 15 is 0 Å². The van der Waals surface area contributed by atoms with Crippen molar-refractivity contribution in [3.8, 4) is 5.75 Å². The van der Waals surface area contributed by atoms with Gasteiger partial charge in [0.15, 0.2) is 5.96 Å². The second-order valence-electron chi connectivity index (χ2n) is 5.30. The molecule has 0 fully saturated rings. The van der Waals surface area contributed by atoms with E-state index in [4.69, 9.17) is 0 Å². The summed E-state index contributed by atoms with van der Waals surface area (Å²) in [4.78, 5) is 4.49. The normalized spacial score (nSPS) is 11.3. The van der Waals surface area contributed by atoms with Crippen molar-refractivity contribution in [2.45, 2.75) is 26.9 Å². The van der Waals surface area contributed by atoms with Gasteiger partial charge in [-0.1, -0.05) is 24.3 Å². The minimum absolute atomic E-state index is 0.196. The van der Waals surface area contributed by atoms with E-state index < -0.39 is 0 Å². The summed E-state index contributed by atoms with van der Waals surface area (Å²) >= 11 is 0. The molecule has 0 aliphatic rings. The molecule has 0 aliphatic heterocycles. The van der Waals surface area contributed by atoms with Crippen LogP contribution in [0.15, 0.2) is 47.5 Å². The summed E-state index contributed by atoms with van der Waals surface area (Å²) in [6.07, 6.45) is 0. The second kappa shape index (κ2) is 8.17. The molecule has 0 aromatic heterocycles. The summed E-state index contributed by atoms with van der Waals surface area (Å²) in [5.41, 5.74) is 2.55. The van der Waals surface area contributed by atoms with Gasteiger partial charge in [-0.15, -0.1) is 0 Å². The molecule has 0 amide bonds. The molecule has 0 saturated carbocycles. The quantitative estimate of drug-likeness (QED) is 0.587. The lowest BCUT2D eigenvalue weighted by Crippen LogP contribution is -2.36. The molecule has 0 heterocycles. The lowest BCUT2D eigenvalue weighted by molar-refractivity contribution is 0.474. The van der Waals surface area contributed by atoms with E-state index in [0.717, 1.165) is 17.7 Å². The molecule has 0 saturated heterocycles. The number of aliphatic imine (C=N–C) groups is 1. The zero-order valence-corrected chi connectivity index (χ0v) is 13.4. The van der Waals surface area contributed by atoms with Gasteiger partial charge in [0.1, 0.15) is 11.6 Å². The maximum absolute atomic E-state index is 13.3. The predicted molar refractivity (Wildman–Crippen MR) is 90.9 cm³/mol. The van der Waals surface area contributed by atoms with Gasteiger partial charge in [-0.2, -0.15) is 0 Å². The maximum Gasteiger partial charge on any atom is 0.191 e. The maximum atomic E-state index is 13.3. The van der Waals surface area contributed by atoms with Gasteiger partial charge in [0.05, 0.1) is 6.54 Å². The Bertz CT molecular complexity index is 686. The summed E-state index contributed by atoms with van der Waals surface area (Å²) in [6, 6.07) is 12.1. The van der Waals surface area contributed by atoms with Gasteiger partial charge in [-0.3, -0.25) is 0 Å². The Labute approximate surface area is 136 Å². The van der Waals surface area contributed by atoms with Crippen molar-refractivity contribution < 1.29 is 9.50 Å². The van der Waals surface area contributed by atoms with E-state index in [9.17, 15) is 9.50 Å². The molecular formula is C18H22FN3O. The number of nitrogens with one attached hydrogen (secondary N) is 2. The van der Waals surface area contributed by atoms with Gasteiger partial charge >= 0.3 is 0 Å². The third kappa shape index (κ3) is 5.29. The molecule has 122 valence electrons. The zero-order valence-electron chi connectivity index (χ0n) is 13.4. The molecule has 0 spiro atoms. The molecule has 3 N–H and O–H groups in total. The molecule has 0 unspecified atom stereocenters. The van der Waals surface area contributed by atoms with Gasteiger partial charge in [0.2, 0.25) is 0 Å². The zero-order chi connectivity index (χ0) is 16.7. The number of phenolic OH excluding ortho intramolecular Hbond substituents is 1. The summed E-state index contributed by atoms with van der Waals surface area (Å²) < 4.78 is 13.3. The smallest absolute Gasteiger partial charge is 0.191 e. The standard InChI is InChI=1S/C18H22FN3O/c1-3-20-18(21-11-14-5-4-6-16(23)10-14)22-12-15-7-8-17(19)13(2)9-15/h4-10,23H,3,11-12H2,1-2H3,(H2,20,21,22). The molecule has 0 atom stereocenters. The van der Waals surface area contributed by atoms with Crippen LogP contribution in [-0.2, 0) is 13.1 Å². The number of hydrogen-bond donors (Lipinski definition) is 3. The van der Waals surface area contributed by atoms with Crippen LogP contribution in [0.3, 0.4) is 0 Å². The molecule has 0 aliphatic carbocycles. The number of halogens is 1. The van der Waals surface area contributed by atoms with Crippen molar-refractivity contribution in [2.75, 3.05) is 6.54 Å². The van der Waals surface area contributed by atoms with Gasteiger partial charge in [0, 0.05) is 13.1 Å². The Morgan fingerprint density at radius 3 is 2.65 bits per heavy atom. The molecule has 23 heavy (non-hydrogen) atoms. The van der Waals surface area contributed by atoms with Crippen molar-refractivity contribution >= 4 is 5.96 Å². The fraction of sp³-hybridized carbons (Fsp3) is 0.278. The van der Waals surface area contributed by atoms with Crippen molar-refractivity contribution in [3.63, 3.8) is 0 Å². The first-order valence-corrected chi connectivity index (χ1v) is 7.63. The van der Waals surface area contributed by atoms with Gasteiger partial charge in [-0.25, -0.2) is 9.38 Å². The van der Waals surface area contributed by atoms with E-state index in [-0.39, 0.29) is 11.6 Å². The van der Waals surface area contributed by atoms with Gasteiger partial charge in [0.25, 0.3) is 0 Å². The number of rotatable bonds is 5. The summed E-state index contributed by atoms with van der Waals surface area (Å²) in [7, 11) is 0. The van der Waals surface area contributed by atoms with E-state index in [1.54, 1.807) is 31.2 Å². The number of benzene rings is 2. The summed E-state index contributed by atoms with van der Waals surface area (Å²) in [5, 5.41) is 15.9. The first-order chi connectivity index (χ1) is 11.1. The Hall–Kier alpha value is -2.56. The van der Waals surface area contributed by atoms with Crippen LogP contribution >= 0.6 is 0 Å². The molecular weight excluding hydrogens is 293 g/mol. The fourth-order valence-electron chi connectivity index (χ4n) is 2.17. The van der Waals surface area contributed by atoms with E-state index in [2.05, 4.69) is 15.6 Å². The Morgan fingerprint density at radius 1 is 1.13 bits per heavy atom. The minimum atomic E-state index is -0.196. The molecule has 5 heteroatoms. The van der Waals surface area contributed by atoms with Crippen molar-refractivity contribution in [1.82, 2.24) is 10.6 Å². The highest BCUT2D eigenvalue weighted by Gasteiger charge is 2.02. The SMILES string of the molecule is CCNC(=NCc1cccc(O)c1)NCc1ccc(F)c(C)c1. The molecule has 2 aromatic carbocycles. The molecule has 4 nitrogen and oxygen atoms in total. The van der Waals surface area contributed by atoms with Crippen LogP contribution < -0.4 is 10.6 Å². The average Bonchev–Trinajstić information content (AvgIpc) is 2.53. The fourth-order valence-corrected chi connectivity index (χ4v) is 2.17. The third-order valence-corrected chi connectivity index (χ3v) is 3.36. The highest BCUT2D eigenvalue weighted by Crippen LogP contribution is 2.12. The van der Waals surface area contributed by atoms with Gasteiger partial charge in [-0.05, 0) is 48.7 Å². The van der Waals surface area contributed by atoms with Crippen LogP contribution in [0.1, 0.15) is 23.6 Å². The van der Waals surface area contributed by atoms with Crippen LogP contribution in [0, 0.1) is 12.7 Å². The first kappa shape index (κ1) is 16.8. The van der Waals surface area contributed by atoms with E-state index in [0.29, 0.717) is 24.6 Å². The minimum Gasteiger partial charge on any atom is -0.508 e. The molecule has 2 rings (SSSR count). The first-order valence-electron chi connectivity index (χ1n) is 7.63. The number of nitrogens with zero attached hydrogens (tertiary/aromatic N) is 1. The lowest BCUT2D eigenvalue weighted by atomic mass is 10.1. The van der Waals surface area contributed by atoms with Crippen molar-refractivity contribution in [3.05, 3.63) is 65.0 Å². The third-order valence-electron chi connectivity index (χ3n) is 3.36. The van der Waals surface area contributed by atoms with Gasteiger partial charge < -0.3 is 15.7 Å². The summed E-state index contributed by atoms with van der Waals surface area (Å²) in [5.74, 6) is 0.716. The van der Waals surface area contributed by atoms with Crippen molar-refractivity contribution in [1.29, 1.82) is 0 Å². The molecule has 0 bridgehead atoms. The monoisotopic (exact) mass is 315 g/mol. The summed E-state index contributed by atoms with van der Waals surface area (Å²) in [6.45, 7) is 5.51. The average molecular weight is 315 g/mol. The highest BCUT2D eigenvalue weighted by atomic mass is 19.1. The Balaban J connectivity index is 1.99. The van der Waals surface area contributed by atoms with E-state index in [1.165, 1.54) is 6.07 Å². The number of guanidine groups is 1. The van der Waals surface area contributed by atoms with Crippen LogP contribution in [0.4, 0.5) is 4.39 Å². The second-order valence-corrected chi connectivity index (χ2v) is 5.30. The Morgan fingerprint density at radius 2 is 1.96 bits per heavy atom. The number of aryl methyl sites for hydroxylation is 1. The highest BCUT2D eigenvalue weighted by molar-refractivity contribution is 5.79.